The van der Waals surface area contributed by atoms with Crippen molar-refractivity contribution in [3.8, 4) is 0 Å². The molecule has 3 aromatic carbocycles. The van der Waals surface area contributed by atoms with Crippen molar-refractivity contribution < 1.29 is 9.59 Å². The average Bonchev–Trinajstić information content (AvgIpc) is 2.81. The smallest absolute Gasteiger partial charge is 0.247 e. The third-order valence-electron chi connectivity index (χ3n) is 5.48. The largest absolute Gasteiger partial charge is 0.354 e. The van der Waals surface area contributed by atoms with Gasteiger partial charge in [-0.1, -0.05) is 98.2 Å². The van der Waals surface area contributed by atoms with Gasteiger partial charge in [-0.25, -0.2) is 0 Å². The van der Waals surface area contributed by atoms with Gasteiger partial charge in [-0.2, -0.15) is 0 Å². The molecule has 33 heavy (non-hydrogen) atoms. The highest BCUT2D eigenvalue weighted by molar-refractivity contribution is 6.30. The van der Waals surface area contributed by atoms with Gasteiger partial charge in [0.15, 0.2) is 0 Å². The summed E-state index contributed by atoms with van der Waals surface area (Å²) in [6.45, 7) is 5.12. The van der Waals surface area contributed by atoms with Crippen LogP contribution >= 0.6 is 11.6 Å². The fourth-order valence-electron chi connectivity index (χ4n) is 3.67. The van der Waals surface area contributed by atoms with E-state index in [1.165, 1.54) is 0 Å². The van der Waals surface area contributed by atoms with E-state index in [2.05, 4.69) is 19.2 Å². The van der Waals surface area contributed by atoms with Crippen LogP contribution in [-0.2, 0) is 22.6 Å². The summed E-state index contributed by atoms with van der Waals surface area (Å²) >= 11 is 6.07. The van der Waals surface area contributed by atoms with Gasteiger partial charge in [0.2, 0.25) is 11.8 Å². The molecule has 0 unspecified atom stereocenters. The first kappa shape index (κ1) is 24.5. The Kier molecular flexibility index (Phi) is 9.08. The van der Waals surface area contributed by atoms with Gasteiger partial charge in [-0.3, -0.25) is 9.59 Å². The van der Waals surface area contributed by atoms with Crippen molar-refractivity contribution in [1.82, 2.24) is 10.2 Å². The van der Waals surface area contributed by atoms with Gasteiger partial charge in [0.1, 0.15) is 6.04 Å². The molecule has 172 valence electrons. The van der Waals surface area contributed by atoms with Crippen LogP contribution in [0.1, 0.15) is 43.0 Å². The van der Waals surface area contributed by atoms with E-state index in [1.807, 2.05) is 72.8 Å². The summed E-state index contributed by atoms with van der Waals surface area (Å²) in [7, 11) is 0. The van der Waals surface area contributed by atoms with Crippen molar-refractivity contribution in [2.45, 2.75) is 39.3 Å². The van der Waals surface area contributed by atoms with Gasteiger partial charge >= 0.3 is 0 Å². The lowest BCUT2D eigenvalue weighted by Gasteiger charge is -2.32. The summed E-state index contributed by atoms with van der Waals surface area (Å²) in [4.78, 5) is 28.7. The maximum atomic E-state index is 13.6. The fraction of sp³-hybridized carbons (Fsp3) is 0.286. The Morgan fingerprint density at radius 2 is 1.45 bits per heavy atom. The van der Waals surface area contributed by atoms with Gasteiger partial charge < -0.3 is 10.2 Å². The topological polar surface area (TPSA) is 49.4 Å². The SMILES string of the molecule is CC(C)CCNC(=O)[C@@H](c1ccccc1)N(Cc1ccc(Cl)cc1)C(=O)Cc1ccccc1. The fourth-order valence-corrected chi connectivity index (χ4v) is 3.80. The van der Waals surface area contributed by atoms with Crippen molar-refractivity contribution in [3.05, 3.63) is 107 Å². The molecule has 0 aliphatic heterocycles. The number of carbonyl (C=O) groups is 2. The lowest BCUT2D eigenvalue weighted by Crippen LogP contribution is -2.44. The van der Waals surface area contributed by atoms with Crippen LogP contribution in [0.4, 0.5) is 0 Å². The second-order valence-corrected chi connectivity index (χ2v) is 9.03. The molecule has 0 fully saturated rings. The molecule has 0 saturated carbocycles. The van der Waals surface area contributed by atoms with Crippen LogP contribution in [0.5, 0.6) is 0 Å². The third-order valence-corrected chi connectivity index (χ3v) is 5.73. The van der Waals surface area contributed by atoms with E-state index >= 15 is 0 Å². The number of nitrogens with one attached hydrogen (secondary N) is 1. The normalized spacial score (nSPS) is 11.8. The van der Waals surface area contributed by atoms with E-state index in [1.54, 1.807) is 17.0 Å². The number of rotatable bonds is 10. The molecule has 5 heteroatoms. The molecule has 3 rings (SSSR count). The molecule has 0 aliphatic rings. The van der Waals surface area contributed by atoms with E-state index < -0.39 is 6.04 Å². The molecular weight excluding hydrogens is 432 g/mol. The van der Waals surface area contributed by atoms with Gasteiger partial charge in [-0.05, 0) is 41.2 Å². The number of amides is 2. The minimum atomic E-state index is -0.731. The molecule has 0 bridgehead atoms. The van der Waals surface area contributed by atoms with Crippen LogP contribution in [0.3, 0.4) is 0 Å². The van der Waals surface area contributed by atoms with Crippen LogP contribution in [0.15, 0.2) is 84.9 Å². The Morgan fingerprint density at radius 3 is 2.06 bits per heavy atom. The van der Waals surface area contributed by atoms with Crippen LogP contribution in [0.2, 0.25) is 5.02 Å². The van der Waals surface area contributed by atoms with Gasteiger partial charge in [0.05, 0.1) is 6.42 Å². The predicted octanol–water partition coefficient (Wildman–Crippen LogP) is 5.81. The second-order valence-electron chi connectivity index (χ2n) is 8.60. The van der Waals surface area contributed by atoms with Crippen molar-refractivity contribution in [2.24, 2.45) is 5.92 Å². The van der Waals surface area contributed by atoms with Crippen molar-refractivity contribution in [3.63, 3.8) is 0 Å². The zero-order chi connectivity index (χ0) is 23.6. The van der Waals surface area contributed by atoms with Crippen LogP contribution in [0.25, 0.3) is 0 Å². The molecule has 0 radical (unpaired) electrons. The van der Waals surface area contributed by atoms with Crippen LogP contribution in [0, 0.1) is 5.92 Å². The van der Waals surface area contributed by atoms with Crippen LogP contribution < -0.4 is 5.32 Å². The zero-order valence-corrected chi connectivity index (χ0v) is 20.0. The van der Waals surface area contributed by atoms with Crippen molar-refractivity contribution in [1.29, 1.82) is 0 Å². The van der Waals surface area contributed by atoms with Crippen molar-refractivity contribution >= 4 is 23.4 Å². The highest BCUT2D eigenvalue weighted by atomic mass is 35.5. The number of benzene rings is 3. The van der Waals surface area contributed by atoms with E-state index in [4.69, 9.17) is 11.6 Å². The molecule has 0 heterocycles. The number of carbonyl (C=O) groups excluding carboxylic acids is 2. The minimum absolute atomic E-state index is 0.107. The number of halogens is 1. The van der Waals surface area contributed by atoms with E-state index in [9.17, 15) is 9.59 Å². The summed E-state index contributed by atoms with van der Waals surface area (Å²) in [5, 5.41) is 3.68. The molecule has 4 nitrogen and oxygen atoms in total. The first-order valence-corrected chi connectivity index (χ1v) is 11.7. The number of nitrogens with zero attached hydrogens (tertiary/aromatic N) is 1. The minimum Gasteiger partial charge on any atom is -0.354 e. The van der Waals surface area contributed by atoms with E-state index in [0.717, 1.165) is 23.1 Å². The first-order valence-electron chi connectivity index (χ1n) is 11.3. The second kappa shape index (κ2) is 12.2. The lowest BCUT2D eigenvalue weighted by molar-refractivity contribution is -0.141. The Labute approximate surface area is 201 Å². The Hall–Kier alpha value is -3.11. The molecule has 3 aromatic rings. The number of hydrogen-bond acceptors (Lipinski definition) is 2. The summed E-state index contributed by atoms with van der Waals surface area (Å²) in [6.07, 6.45) is 1.10. The third kappa shape index (κ3) is 7.47. The predicted molar refractivity (Wildman–Crippen MR) is 134 cm³/mol. The van der Waals surface area contributed by atoms with Crippen molar-refractivity contribution in [2.75, 3.05) is 6.54 Å². The summed E-state index contributed by atoms with van der Waals surface area (Å²) in [5.74, 6) is 0.201. The molecule has 0 spiro atoms. The van der Waals surface area contributed by atoms with Crippen LogP contribution in [-0.4, -0.2) is 23.3 Å². The summed E-state index contributed by atoms with van der Waals surface area (Å²) in [5.41, 5.74) is 2.61. The summed E-state index contributed by atoms with van der Waals surface area (Å²) < 4.78 is 0. The van der Waals surface area contributed by atoms with Gasteiger partial charge in [-0.15, -0.1) is 0 Å². The quantitative estimate of drug-likeness (QED) is 0.413. The Morgan fingerprint density at radius 1 is 0.848 bits per heavy atom. The molecule has 2 amide bonds. The monoisotopic (exact) mass is 462 g/mol. The molecule has 0 aromatic heterocycles. The first-order chi connectivity index (χ1) is 15.9. The number of hydrogen-bond donors (Lipinski definition) is 1. The average molecular weight is 463 g/mol. The highest BCUT2D eigenvalue weighted by Crippen LogP contribution is 2.25. The molecular formula is C28H31ClN2O2. The molecule has 1 N–H and O–H groups in total. The van der Waals surface area contributed by atoms with E-state index in [0.29, 0.717) is 24.0 Å². The molecule has 0 aliphatic carbocycles. The van der Waals surface area contributed by atoms with Gasteiger partial charge in [0.25, 0.3) is 0 Å². The maximum absolute atomic E-state index is 13.6. The highest BCUT2D eigenvalue weighted by Gasteiger charge is 2.31. The Balaban J connectivity index is 1.94. The standard InChI is InChI=1S/C28H31ClN2O2/c1-21(2)17-18-30-28(33)27(24-11-7-4-8-12-24)31(20-23-13-15-25(29)16-14-23)26(32)19-22-9-5-3-6-10-22/h3-16,21,27H,17-20H2,1-2H3,(H,30,33)/t27-/m1/s1. The molecule has 0 saturated heterocycles. The maximum Gasteiger partial charge on any atom is 0.247 e. The zero-order valence-electron chi connectivity index (χ0n) is 19.2. The lowest BCUT2D eigenvalue weighted by atomic mass is 10.0. The Bertz CT molecular complexity index is 1020. The summed E-state index contributed by atoms with van der Waals surface area (Å²) in [6, 6.07) is 25.8. The van der Waals surface area contributed by atoms with E-state index in [-0.39, 0.29) is 18.2 Å². The molecule has 1 atom stereocenters. The van der Waals surface area contributed by atoms with Gasteiger partial charge in [0, 0.05) is 18.1 Å².